The summed E-state index contributed by atoms with van der Waals surface area (Å²) in [5.74, 6) is 1.00. The predicted molar refractivity (Wildman–Crippen MR) is 74.2 cm³/mol. The fourth-order valence-corrected chi connectivity index (χ4v) is 3.25. The quantitative estimate of drug-likeness (QED) is 0.813. The highest BCUT2D eigenvalue weighted by Gasteiger charge is 2.45. The second-order valence-electron chi connectivity index (χ2n) is 7.22. The molecule has 0 spiro atoms. The van der Waals surface area contributed by atoms with Crippen LogP contribution in [0.3, 0.4) is 0 Å². The summed E-state index contributed by atoms with van der Waals surface area (Å²) in [5, 5.41) is 3.73. The van der Waals surface area contributed by atoms with E-state index in [2.05, 4.69) is 44.8 Å². The first-order valence-corrected chi connectivity index (χ1v) is 7.42. The number of nitrogens with zero attached hydrogens (tertiary/aromatic N) is 1. The Kier molecular flexibility index (Phi) is 3.84. The Hall–Kier alpha value is -0.0800. The third kappa shape index (κ3) is 3.03. The van der Waals surface area contributed by atoms with E-state index < -0.39 is 0 Å². The molecule has 0 aromatic rings. The number of piperazine rings is 1. The molecule has 1 heterocycles. The monoisotopic (exact) mass is 238 g/mol. The van der Waals surface area contributed by atoms with E-state index in [4.69, 9.17) is 0 Å². The van der Waals surface area contributed by atoms with Crippen molar-refractivity contribution < 1.29 is 0 Å². The molecule has 1 saturated heterocycles. The Bertz CT molecular complexity index is 256. The lowest BCUT2D eigenvalue weighted by Crippen LogP contribution is -2.60. The summed E-state index contributed by atoms with van der Waals surface area (Å²) in [7, 11) is 0. The van der Waals surface area contributed by atoms with Gasteiger partial charge in [0.15, 0.2) is 0 Å². The van der Waals surface area contributed by atoms with Crippen LogP contribution >= 0.6 is 0 Å². The van der Waals surface area contributed by atoms with Crippen molar-refractivity contribution in [1.29, 1.82) is 0 Å². The Morgan fingerprint density at radius 1 is 1.29 bits per heavy atom. The lowest BCUT2D eigenvalue weighted by atomic mass is 9.84. The molecule has 2 aliphatic rings. The first-order valence-electron chi connectivity index (χ1n) is 7.42. The molecule has 0 bridgehead atoms. The van der Waals surface area contributed by atoms with E-state index in [-0.39, 0.29) is 0 Å². The van der Waals surface area contributed by atoms with Crippen molar-refractivity contribution in [1.82, 2.24) is 10.2 Å². The number of hydrogen-bond donors (Lipinski definition) is 1. The van der Waals surface area contributed by atoms with E-state index in [0.717, 1.165) is 24.5 Å². The fraction of sp³-hybridized carbons (Fsp3) is 1.00. The van der Waals surface area contributed by atoms with Crippen molar-refractivity contribution in [2.24, 2.45) is 11.3 Å². The zero-order valence-electron chi connectivity index (χ0n) is 12.3. The van der Waals surface area contributed by atoms with Gasteiger partial charge in [-0.05, 0) is 31.1 Å². The molecule has 17 heavy (non-hydrogen) atoms. The smallest absolute Gasteiger partial charge is 0.0244 e. The maximum atomic E-state index is 3.73. The topological polar surface area (TPSA) is 15.3 Å². The van der Waals surface area contributed by atoms with Crippen LogP contribution in [0.2, 0.25) is 0 Å². The molecule has 0 amide bonds. The van der Waals surface area contributed by atoms with Crippen LogP contribution < -0.4 is 5.32 Å². The van der Waals surface area contributed by atoms with Gasteiger partial charge in [-0.25, -0.2) is 0 Å². The van der Waals surface area contributed by atoms with E-state index in [9.17, 15) is 0 Å². The molecule has 4 atom stereocenters. The zero-order chi connectivity index (χ0) is 12.6. The van der Waals surface area contributed by atoms with Crippen molar-refractivity contribution in [3.8, 4) is 0 Å². The van der Waals surface area contributed by atoms with Crippen LogP contribution in [0.25, 0.3) is 0 Å². The van der Waals surface area contributed by atoms with Crippen LogP contribution in [-0.4, -0.2) is 36.1 Å². The molecule has 1 saturated carbocycles. The van der Waals surface area contributed by atoms with Gasteiger partial charge < -0.3 is 5.32 Å². The van der Waals surface area contributed by atoms with Gasteiger partial charge in [-0.15, -0.1) is 0 Å². The SMILES string of the molecule is CCCC1CC1N1CC(C(C)(C)C)NCC1C. The highest BCUT2D eigenvalue weighted by molar-refractivity contribution is 5.01. The average molecular weight is 238 g/mol. The molecule has 1 aliphatic heterocycles. The second-order valence-corrected chi connectivity index (χ2v) is 7.22. The highest BCUT2D eigenvalue weighted by atomic mass is 15.3. The standard InChI is InChI=1S/C15H30N2/c1-6-7-12-8-13(12)17-10-14(15(3,4)5)16-9-11(17)2/h11-14,16H,6-10H2,1-5H3. The molecule has 0 aromatic carbocycles. The summed E-state index contributed by atoms with van der Waals surface area (Å²) in [6, 6.07) is 2.28. The molecule has 2 heteroatoms. The molecule has 100 valence electrons. The first kappa shape index (κ1) is 13.4. The Labute approximate surface area is 107 Å². The van der Waals surface area contributed by atoms with Crippen LogP contribution in [-0.2, 0) is 0 Å². The molecular formula is C15H30N2. The molecule has 4 unspecified atom stereocenters. The second kappa shape index (κ2) is 4.89. The molecular weight excluding hydrogens is 208 g/mol. The van der Waals surface area contributed by atoms with Crippen LogP contribution in [0.15, 0.2) is 0 Å². The van der Waals surface area contributed by atoms with Gasteiger partial charge in [0.25, 0.3) is 0 Å². The summed E-state index contributed by atoms with van der Waals surface area (Å²) in [6.45, 7) is 14.2. The van der Waals surface area contributed by atoms with Gasteiger partial charge in [0.2, 0.25) is 0 Å². The fourth-order valence-electron chi connectivity index (χ4n) is 3.25. The molecule has 0 aromatic heterocycles. The minimum atomic E-state index is 0.382. The van der Waals surface area contributed by atoms with E-state index in [0.29, 0.717) is 11.5 Å². The zero-order valence-corrected chi connectivity index (χ0v) is 12.3. The minimum absolute atomic E-state index is 0.382. The third-order valence-electron chi connectivity index (χ3n) is 4.64. The van der Waals surface area contributed by atoms with Gasteiger partial charge >= 0.3 is 0 Å². The van der Waals surface area contributed by atoms with Crippen LogP contribution in [0.5, 0.6) is 0 Å². The van der Waals surface area contributed by atoms with Gasteiger partial charge in [-0.1, -0.05) is 34.1 Å². The summed E-state index contributed by atoms with van der Waals surface area (Å²) < 4.78 is 0. The van der Waals surface area contributed by atoms with Gasteiger partial charge in [-0.3, -0.25) is 4.90 Å². The molecule has 2 fully saturated rings. The van der Waals surface area contributed by atoms with Gasteiger partial charge in [0, 0.05) is 31.2 Å². The summed E-state index contributed by atoms with van der Waals surface area (Å²) in [5.41, 5.74) is 0.382. The lowest BCUT2D eigenvalue weighted by Gasteiger charge is -2.44. The van der Waals surface area contributed by atoms with Gasteiger partial charge in [0.1, 0.15) is 0 Å². The van der Waals surface area contributed by atoms with E-state index in [1.165, 1.54) is 25.8 Å². The van der Waals surface area contributed by atoms with E-state index in [1.807, 2.05) is 0 Å². The average Bonchev–Trinajstić information content (AvgIpc) is 2.96. The minimum Gasteiger partial charge on any atom is -0.311 e. The van der Waals surface area contributed by atoms with E-state index >= 15 is 0 Å². The first-order chi connectivity index (χ1) is 7.93. The normalized spacial score (nSPS) is 39.4. The van der Waals surface area contributed by atoms with Crippen LogP contribution in [0.1, 0.15) is 53.9 Å². The summed E-state index contributed by atoms with van der Waals surface area (Å²) in [6.07, 6.45) is 4.24. The highest BCUT2D eigenvalue weighted by Crippen LogP contribution is 2.41. The van der Waals surface area contributed by atoms with E-state index in [1.54, 1.807) is 0 Å². The van der Waals surface area contributed by atoms with Crippen molar-refractivity contribution in [3.63, 3.8) is 0 Å². The Balaban J connectivity index is 1.92. The Morgan fingerprint density at radius 2 is 2.00 bits per heavy atom. The van der Waals surface area contributed by atoms with Gasteiger partial charge in [0.05, 0.1) is 0 Å². The van der Waals surface area contributed by atoms with Crippen molar-refractivity contribution in [2.75, 3.05) is 13.1 Å². The van der Waals surface area contributed by atoms with Crippen molar-refractivity contribution in [2.45, 2.75) is 72.0 Å². The molecule has 1 N–H and O–H groups in total. The summed E-state index contributed by atoms with van der Waals surface area (Å²) >= 11 is 0. The van der Waals surface area contributed by atoms with Gasteiger partial charge in [-0.2, -0.15) is 0 Å². The third-order valence-corrected chi connectivity index (χ3v) is 4.64. The predicted octanol–water partition coefficient (Wildman–Crippen LogP) is 2.88. The molecule has 1 aliphatic carbocycles. The number of nitrogens with one attached hydrogen (secondary N) is 1. The number of rotatable bonds is 3. The molecule has 2 rings (SSSR count). The number of hydrogen-bond acceptors (Lipinski definition) is 2. The maximum Gasteiger partial charge on any atom is 0.0244 e. The summed E-state index contributed by atoms with van der Waals surface area (Å²) in [4.78, 5) is 2.78. The maximum absolute atomic E-state index is 3.73. The largest absolute Gasteiger partial charge is 0.311 e. The Morgan fingerprint density at radius 3 is 2.59 bits per heavy atom. The van der Waals surface area contributed by atoms with Crippen LogP contribution in [0.4, 0.5) is 0 Å². The van der Waals surface area contributed by atoms with Crippen molar-refractivity contribution in [3.05, 3.63) is 0 Å². The molecule has 2 nitrogen and oxygen atoms in total. The lowest BCUT2D eigenvalue weighted by molar-refractivity contribution is 0.0824. The molecule has 0 radical (unpaired) electrons. The van der Waals surface area contributed by atoms with Crippen LogP contribution in [0, 0.1) is 11.3 Å². The van der Waals surface area contributed by atoms with Crippen molar-refractivity contribution >= 4 is 0 Å².